The fourth-order valence-corrected chi connectivity index (χ4v) is 4.25. The number of rotatable bonds is 3. The van der Waals surface area contributed by atoms with Crippen LogP contribution in [0.4, 0.5) is 0 Å². The van der Waals surface area contributed by atoms with Crippen LogP contribution in [0.1, 0.15) is 0 Å². The largest absolute Gasteiger partial charge is 0.404 e. The lowest BCUT2D eigenvalue weighted by Gasteiger charge is -2.18. The van der Waals surface area contributed by atoms with E-state index < -0.39 is 18.7 Å². The lowest BCUT2D eigenvalue weighted by Crippen LogP contribution is -2.59. The summed E-state index contributed by atoms with van der Waals surface area (Å²) in [4.78, 5) is 20.2. The quantitative estimate of drug-likeness (QED) is 0.472. The van der Waals surface area contributed by atoms with Crippen LogP contribution in [0.25, 0.3) is 0 Å². The summed E-state index contributed by atoms with van der Waals surface area (Å²) in [7, 11) is -7.46. The smallest absolute Gasteiger partial charge is 0.401 e. The van der Waals surface area contributed by atoms with Gasteiger partial charge < -0.3 is 9.59 Å². The summed E-state index contributed by atoms with van der Waals surface area (Å²) in [5.74, 6) is 0. The molecule has 130 valence electrons. The van der Waals surface area contributed by atoms with Crippen molar-refractivity contribution in [1.82, 2.24) is 0 Å². The van der Waals surface area contributed by atoms with Crippen molar-refractivity contribution >= 4 is 29.1 Å². The summed E-state index contributed by atoms with van der Waals surface area (Å²) < 4.78 is 29.2. The molecule has 0 aliphatic heterocycles. The highest BCUT2D eigenvalue weighted by Crippen LogP contribution is 2.05. The van der Waals surface area contributed by atoms with Gasteiger partial charge >= 0.3 is 8.56 Å². The maximum absolute atomic E-state index is 10.4. The molecule has 0 aromatic heterocycles. The molecule has 3 N–H and O–H groups in total. The van der Waals surface area contributed by atoms with Crippen molar-refractivity contribution in [3.8, 4) is 0 Å². The summed E-state index contributed by atoms with van der Waals surface area (Å²) in [6.45, 7) is 0. The normalized spacial score (nSPS) is 11.3. The molecular weight excluding hydrogens is 356 g/mol. The molecule has 0 bridgehead atoms. The molecule has 0 atom stereocenters. The lowest BCUT2D eigenvalue weighted by molar-refractivity contribution is 0.401. The summed E-state index contributed by atoms with van der Waals surface area (Å²) in [5, 5.41) is 1.22. The zero-order chi connectivity index (χ0) is 18.3. The van der Waals surface area contributed by atoms with Gasteiger partial charge in [0.15, 0.2) is 0 Å². The fourth-order valence-electron chi connectivity index (χ4n) is 2.10. The van der Waals surface area contributed by atoms with Gasteiger partial charge in [-0.2, -0.15) is 8.42 Å². The van der Waals surface area contributed by atoms with Crippen LogP contribution in [-0.2, 0) is 10.1 Å². The van der Waals surface area contributed by atoms with Gasteiger partial charge in [-0.1, -0.05) is 78.9 Å². The van der Waals surface area contributed by atoms with Crippen LogP contribution in [0.3, 0.4) is 0 Å². The van der Waals surface area contributed by atoms with E-state index in [2.05, 4.69) is 0 Å². The van der Waals surface area contributed by atoms with E-state index in [0.717, 1.165) is 0 Å². The average Bonchev–Trinajstić information content (AvgIpc) is 2.64. The Hall–Kier alpha value is -2.29. The van der Waals surface area contributed by atoms with Crippen LogP contribution >= 0.6 is 0 Å². The van der Waals surface area contributed by atoms with Crippen molar-refractivity contribution in [2.45, 2.75) is 4.90 Å². The minimum absolute atomic E-state index is 0.0741. The Morgan fingerprint density at radius 2 is 0.920 bits per heavy atom. The second kappa shape index (κ2) is 8.19. The average molecular weight is 374 g/mol. The van der Waals surface area contributed by atoms with Crippen LogP contribution in [0, 0.1) is 0 Å². The first-order chi connectivity index (χ1) is 11.8. The monoisotopic (exact) mass is 374 g/mol. The van der Waals surface area contributed by atoms with Crippen LogP contribution in [0.5, 0.6) is 0 Å². The first-order valence-corrected chi connectivity index (χ1v) is 10.7. The molecular formula is C18H18O5SSi. The Labute approximate surface area is 147 Å². The highest BCUT2D eigenvalue weighted by Gasteiger charge is 2.33. The minimum atomic E-state index is -4.00. The molecule has 0 saturated heterocycles. The van der Waals surface area contributed by atoms with Gasteiger partial charge in [0.2, 0.25) is 0 Å². The summed E-state index contributed by atoms with van der Waals surface area (Å²) in [5.41, 5.74) is 0. The van der Waals surface area contributed by atoms with Crippen molar-refractivity contribution in [1.29, 1.82) is 0 Å². The second-order valence-electron chi connectivity index (χ2n) is 5.19. The predicted molar refractivity (Wildman–Crippen MR) is 98.6 cm³/mol. The Balaban J connectivity index is 0.000000196. The maximum Gasteiger partial charge on any atom is 0.401 e. The minimum Gasteiger partial charge on any atom is -0.404 e. The van der Waals surface area contributed by atoms with Gasteiger partial charge in [0.1, 0.15) is 0 Å². The molecule has 0 saturated carbocycles. The van der Waals surface area contributed by atoms with E-state index >= 15 is 0 Å². The molecule has 0 aliphatic carbocycles. The standard InChI is InChI=1S/C12H12O2Si.C6H6O3S/c13-15(14,11-7-3-1-4-8-11)12-9-5-2-6-10-12;7-10(8,9)6-4-2-1-3-5-6/h1-10,13-14H;1-5H,(H,7,8,9). The Kier molecular flexibility index (Phi) is 6.24. The van der Waals surface area contributed by atoms with E-state index in [1.165, 1.54) is 12.1 Å². The molecule has 0 aliphatic rings. The van der Waals surface area contributed by atoms with Crippen molar-refractivity contribution in [2.24, 2.45) is 0 Å². The number of benzene rings is 3. The van der Waals surface area contributed by atoms with E-state index in [9.17, 15) is 18.0 Å². The van der Waals surface area contributed by atoms with E-state index in [0.29, 0.717) is 10.4 Å². The Morgan fingerprint density at radius 3 is 1.20 bits per heavy atom. The summed E-state index contributed by atoms with van der Waals surface area (Å²) >= 11 is 0. The molecule has 5 nitrogen and oxygen atoms in total. The van der Waals surface area contributed by atoms with Gasteiger partial charge in [0.05, 0.1) is 4.90 Å². The van der Waals surface area contributed by atoms with Gasteiger partial charge in [-0.05, 0) is 22.5 Å². The third-order valence-corrected chi connectivity index (χ3v) is 6.54. The first-order valence-electron chi connectivity index (χ1n) is 7.40. The summed E-state index contributed by atoms with van der Waals surface area (Å²) in [6, 6.07) is 25.4. The number of hydrogen-bond donors (Lipinski definition) is 3. The van der Waals surface area contributed by atoms with Gasteiger partial charge in [0, 0.05) is 0 Å². The highest BCUT2D eigenvalue weighted by molar-refractivity contribution is 7.85. The molecule has 3 rings (SSSR count). The van der Waals surface area contributed by atoms with Crippen molar-refractivity contribution in [3.05, 3.63) is 91.0 Å². The van der Waals surface area contributed by atoms with Gasteiger partial charge in [-0.3, -0.25) is 4.55 Å². The van der Waals surface area contributed by atoms with Crippen LogP contribution < -0.4 is 10.4 Å². The van der Waals surface area contributed by atoms with Crippen LogP contribution in [0.2, 0.25) is 0 Å². The second-order valence-corrected chi connectivity index (χ2v) is 9.11. The zero-order valence-corrected chi connectivity index (χ0v) is 15.0. The molecule has 0 fully saturated rings. The molecule has 0 amide bonds. The van der Waals surface area contributed by atoms with E-state index in [-0.39, 0.29) is 4.90 Å². The Bertz CT molecular complexity index is 841. The predicted octanol–water partition coefficient (Wildman–Crippen LogP) is 1.16. The van der Waals surface area contributed by atoms with Gasteiger partial charge in [-0.15, -0.1) is 0 Å². The molecule has 7 heteroatoms. The molecule has 0 radical (unpaired) electrons. The molecule has 3 aromatic rings. The topological polar surface area (TPSA) is 94.8 Å². The van der Waals surface area contributed by atoms with E-state index in [1.54, 1.807) is 42.5 Å². The van der Waals surface area contributed by atoms with Gasteiger partial charge in [0.25, 0.3) is 10.1 Å². The van der Waals surface area contributed by atoms with E-state index in [4.69, 9.17) is 4.55 Å². The van der Waals surface area contributed by atoms with Crippen LogP contribution in [0.15, 0.2) is 95.9 Å². The Morgan fingerprint density at radius 1 is 0.600 bits per heavy atom. The maximum atomic E-state index is 10.4. The number of hydrogen-bond acceptors (Lipinski definition) is 4. The zero-order valence-electron chi connectivity index (χ0n) is 13.2. The van der Waals surface area contributed by atoms with Crippen molar-refractivity contribution < 1.29 is 22.6 Å². The first kappa shape index (κ1) is 19.0. The molecule has 3 aromatic carbocycles. The molecule has 0 spiro atoms. The molecule has 25 heavy (non-hydrogen) atoms. The van der Waals surface area contributed by atoms with E-state index in [1.807, 2.05) is 36.4 Å². The molecule has 0 unspecified atom stereocenters. The lowest BCUT2D eigenvalue weighted by atomic mass is 10.4. The third-order valence-electron chi connectivity index (χ3n) is 3.39. The van der Waals surface area contributed by atoms with Crippen LogP contribution in [-0.4, -0.2) is 31.1 Å². The summed E-state index contributed by atoms with van der Waals surface area (Å²) in [6.07, 6.45) is 0. The SMILES string of the molecule is O=S(=O)(O)c1ccccc1.O[Si](O)(c1ccccc1)c1ccccc1. The van der Waals surface area contributed by atoms with Crippen molar-refractivity contribution in [2.75, 3.05) is 0 Å². The highest BCUT2D eigenvalue weighted by atomic mass is 32.2. The molecule has 0 heterocycles. The third kappa shape index (κ3) is 5.35. The van der Waals surface area contributed by atoms with Crippen molar-refractivity contribution in [3.63, 3.8) is 0 Å². The fraction of sp³-hybridized carbons (Fsp3) is 0. The van der Waals surface area contributed by atoms with Gasteiger partial charge in [-0.25, -0.2) is 0 Å².